The van der Waals surface area contributed by atoms with E-state index in [4.69, 9.17) is 19.4 Å². The lowest BCUT2D eigenvalue weighted by Crippen LogP contribution is -2.44. The van der Waals surface area contributed by atoms with Crippen LogP contribution in [0, 0.1) is 0 Å². The Balaban J connectivity index is 1.34. The zero-order valence-corrected chi connectivity index (χ0v) is 22.2. The summed E-state index contributed by atoms with van der Waals surface area (Å²) in [6, 6.07) is 18.6. The first-order valence-electron chi connectivity index (χ1n) is 13.2. The summed E-state index contributed by atoms with van der Waals surface area (Å²) in [5, 5.41) is 6.90. The van der Waals surface area contributed by atoms with Gasteiger partial charge in [-0.2, -0.15) is 0 Å². The highest BCUT2D eigenvalue weighted by atomic mass is 16.5. The highest BCUT2D eigenvalue weighted by molar-refractivity contribution is 5.94. The lowest BCUT2D eigenvalue weighted by molar-refractivity contribution is 0.152. The van der Waals surface area contributed by atoms with Crippen LogP contribution in [0.4, 0.5) is 5.82 Å². The molecular weight excluding hydrogens is 462 g/mol. The molecule has 0 bridgehead atoms. The van der Waals surface area contributed by atoms with Gasteiger partial charge in [0.2, 0.25) is 0 Å². The van der Waals surface area contributed by atoms with Crippen LogP contribution in [-0.4, -0.2) is 80.3 Å². The standard InChI is InChI=1S/C30H37N5O2/c1-34-15-17-35(18-16-34)14-8-4-7-13-31-30-25-20-27(36-2)28(37-3)21-26(25)32-29(33-30)24-12-11-22-9-5-6-10-23(22)19-24/h5-6,9-12,19-21H,4,7-8,13-18H2,1-3H3,(H,31,32,33). The average molecular weight is 500 g/mol. The molecule has 0 atom stereocenters. The summed E-state index contributed by atoms with van der Waals surface area (Å²) in [7, 11) is 5.51. The van der Waals surface area contributed by atoms with E-state index in [1.807, 2.05) is 12.1 Å². The third kappa shape index (κ3) is 5.95. The maximum Gasteiger partial charge on any atom is 0.162 e. The van der Waals surface area contributed by atoms with Gasteiger partial charge in [0.1, 0.15) is 5.82 Å². The van der Waals surface area contributed by atoms with E-state index in [1.165, 1.54) is 56.3 Å². The van der Waals surface area contributed by atoms with Crippen LogP contribution in [0.5, 0.6) is 11.5 Å². The van der Waals surface area contributed by atoms with E-state index in [0.29, 0.717) is 17.3 Å². The Morgan fingerprint density at radius 3 is 2.35 bits per heavy atom. The molecule has 5 rings (SSSR count). The molecule has 0 spiro atoms. The van der Waals surface area contributed by atoms with Crippen molar-refractivity contribution in [1.29, 1.82) is 0 Å². The van der Waals surface area contributed by atoms with Crippen molar-refractivity contribution in [3.63, 3.8) is 0 Å². The molecule has 1 fully saturated rings. The number of piperazine rings is 1. The number of nitrogens with zero attached hydrogens (tertiary/aromatic N) is 4. The van der Waals surface area contributed by atoms with Crippen molar-refractivity contribution in [3.05, 3.63) is 54.6 Å². The number of likely N-dealkylation sites (N-methyl/N-ethyl adjacent to an activating group) is 1. The van der Waals surface area contributed by atoms with Crippen LogP contribution < -0.4 is 14.8 Å². The molecule has 4 aromatic rings. The summed E-state index contributed by atoms with van der Waals surface area (Å²) in [6.45, 7) is 6.77. The van der Waals surface area contributed by atoms with Crippen molar-refractivity contribution < 1.29 is 9.47 Å². The van der Waals surface area contributed by atoms with E-state index in [9.17, 15) is 0 Å². The Bertz CT molecular complexity index is 1350. The second kappa shape index (κ2) is 11.8. The molecule has 2 heterocycles. The molecular formula is C30H37N5O2. The first-order valence-corrected chi connectivity index (χ1v) is 13.2. The molecule has 1 aliphatic rings. The number of unbranched alkanes of at least 4 members (excludes halogenated alkanes) is 2. The zero-order chi connectivity index (χ0) is 25.6. The molecule has 1 saturated heterocycles. The number of nitrogens with one attached hydrogen (secondary N) is 1. The fourth-order valence-corrected chi connectivity index (χ4v) is 4.96. The second-order valence-corrected chi connectivity index (χ2v) is 9.81. The molecule has 7 nitrogen and oxygen atoms in total. The highest BCUT2D eigenvalue weighted by Crippen LogP contribution is 2.35. The second-order valence-electron chi connectivity index (χ2n) is 9.81. The Morgan fingerprint density at radius 2 is 1.57 bits per heavy atom. The van der Waals surface area contributed by atoms with Gasteiger partial charge < -0.3 is 24.6 Å². The number of rotatable bonds is 10. The largest absolute Gasteiger partial charge is 0.493 e. The molecule has 0 aliphatic carbocycles. The number of ether oxygens (including phenoxy) is 2. The summed E-state index contributed by atoms with van der Waals surface area (Å²) in [5.41, 5.74) is 1.82. The lowest BCUT2D eigenvalue weighted by Gasteiger charge is -2.32. The minimum absolute atomic E-state index is 0.660. The highest BCUT2D eigenvalue weighted by Gasteiger charge is 2.15. The number of aromatic nitrogens is 2. The Morgan fingerprint density at radius 1 is 0.811 bits per heavy atom. The molecule has 3 aromatic carbocycles. The fraction of sp³-hybridized carbons (Fsp3) is 0.400. The van der Waals surface area contributed by atoms with E-state index in [1.54, 1.807) is 14.2 Å². The monoisotopic (exact) mass is 499 g/mol. The van der Waals surface area contributed by atoms with Crippen molar-refractivity contribution >= 4 is 27.5 Å². The number of benzene rings is 3. The van der Waals surface area contributed by atoms with Gasteiger partial charge in [0, 0.05) is 49.7 Å². The molecule has 1 N–H and O–H groups in total. The summed E-state index contributed by atoms with van der Waals surface area (Å²) >= 11 is 0. The molecule has 0 radical (unpaired) electrons. The molecule has 0 unspecified atom stereocenters. The van der Waals surface area contributed by atoms with E-state index < -0.39 is 0 Å². The SMILES string of the molecule is COc1cc2nc(-c3ccc4ccccc4c3)nc(NCCCCCN3CCN(C)CC3)c2cc1OC. The summed E-state index contributed by atoms with van der Waals surface area (Å²) in [5.74, 6) is 2.86. The summed E-state index contributed by atoms with van der Waals surface area (Å²) in [6.07, 6.45) is 3.51. The molecule has 1 aromatic heterocycles. The van der Waals surface area contributed by atoms with Gasteiger partial charge >= 0.3 is 0 Å². The quantitative estimate of drug-likeness (QED) is 0.297. The molecule has 7 heteroatoms. The molecule has 194 valence electrons. The van der Waals surface area contributed by atoms with Crippen LogP contribution in [0.1, 0.15) is 19.3 Å². The van der Waals surface area contributed by atoms with Crippen LogP contribution in [0.15, 0.2) is 54.6 Å². The van der Waals surface area contributed by atoms with Crippen molar-refractivity contribution in [3.8, 4) is 22.9 Å². The van der Waals surface area contributed by atoms with Crippen molar-refractivity contribution in [2.24, 2.45) is 0 Å². The smallest absolute Gasteiger partial charge is 0.162 e. The van der Waals surface area contributed by atoms with Crippen LogP contribution in [0.2, 0.25) is 0 Å². The van der Waals surface area contributed by atoms with E-state index in [0.717, 1.165) is 35.2 Å². The van der Waals surface area contributed by atoms with Gasteiger partial charge in [0.05, 0.1) is 19.7 Å². The topological polar surface area (TPSA) is 62.8 Å². The van der Waals surface area contributed by atoms with Gasteiger partial charge in [-0.1, -0.05) is 42.8 Å². The van der Waals surface area contributed by atoms with Gasteiger partial charge in [-0.15, -0.1) is 0 Å². The number of hydrogen-bond acceptors (Lipinski definition) is 7. The third-order valence-corrected chi connectivity index (χ3v) is 7.25. The van der Waals surface area contributed by atoms with E-state index in [2.05, 4.69) is 64.6 Å². The number of methoxy groups -OCH3 is 2. The first-order chi connectivity index (χ1) is 18.1. The normalized spacial score (nSPS) is 14.8. The van der Waals surface area contributed by atoms with Crippen LogP contribution in [0.3, 0.4) is 0 Å². The minimum atomic E-state index is 0.660. The van der Waals surface area contributed by atoms with Gasteiger partial charge in [-0.05, 0) is 49.3 Å². The van der Waals surface area contributed by atoms with Crippen molar-refractivity contribution in [1.82, 2.24) is 19.8 Å². The molecule has 0 saturated carbocycles. The lowest BCUT2D eigenvalue weighted by atomic mass is 10.1. The summed E-state index contributed by atoms with van der Waals surface area (Å²) < 4.78 is 11.1. The molecule has 0 amide bonds. The predicted molar refractivity (Wildman–Crippen MR) is 152 cm³/mol. The van der Waals surface area contributed by atoms with Crippen LogP contribution in [-0.2, 0) is 0 Å². The zero-order valence-electron chi connectivity index (χ0n) is 22.2. The molecule has 1 aliphatic heterocycles. The van der Waals surface area contributed by atoms with Crippen molar-refractivity contribution in [2.75, 3.05) is 65.9 Å². The van der Waals surface area contributed by atoms with Crippen LogP contribution in [0.25, 0.3) is 33.1 Å². The van der Waals surface area contributed by atoms with E-state index in [-0.39, 0.29) is 0 Å². The molecule has 37 heavy (non-hydrogen) atoms. The fourth-order valence-electron chi connectivity index (χ4n) is 4.96. The van der Waals surface area contributed by atoms with Gasteiger partial charge in [0.25, 0.3) is 0 Å². The third-order valence-electron chi connectivity index (χ3n) is 7.25. The predicted octanol–water partition coefficient (Wildman–Crippen LogP) is 5.30. The first kappa shape index (κ1) is 25.2. The van der Waals surface area contributed by atoms with Crippen LogP contribution >= 0.6 is 0 Å². The Labute approximate surface area is 219 Å². The number of hydrogen-bond donors (Lipinski definition) is 1. The number of fused-ring (bicyclic) bond motifs is 2. The van der Waals surface area contributed by atoms with Crippen molar-refractivity contribution in [2.45, 2.75) is 19.3 Å². The maximum atomic E-state index is 5.57. The maximum absolute atomic E-state index is 5.57. The summed E-state index contributed by atoms with van der Waals surface area (Å²) in [4.78, 5) is 14.9. The Hall–Kier alpha value is -3.42. The number of anilines is 1. The van der Waals surface area contributed by atoms with Gasteiger partial charge in [-0.3, -0.25) is 0 Å². The van der Waals surface area contributed by atoms with Gasteiger partial charge in [0.15, 0.2) is 17.3 Å². The van der Waals surface area contributed by atoms with E-state index >= 15 is 0 Å². The Kier molecular flexibility index (Phi) is 8.02. The minimum Gasteiger partial charge on any atom is -0.493 e. The average Bonchev–Trinajstić information content (AvgIpc) is 2.94. The van der Waals surface area contributed by atoms with Gasteiger partial charge in [-0.25, -0.2) is 9.97 Å².